The van der Waals surface area contributed by atoms with Gasteiger partial charge in [-0.05, 0) is 48.7 Å². The van der Waals surface area contributed by atoms with Gasteiger partial charge in [-0.3, -0.25) is 0 Å². The molecule has 1 aromatic rings. The molecule has 4 heteroatoms. The van der Waals surface area contributed by atoms with Crippen LogP contribution in [0.25, 0.3) is 0 Å². The molecule has 0 saturated heterocycles. The first kappa shape index (κ1) is 17.2. The molecule has 0 atom stereocenters. The van der Waals surface area contributed by atoms with E-state index in [0.717, 1.165) is 17.3 Å². The molecule has 0 spiro atoms. The van der Waals surface area contributed by atoms with Gasteiger partial charge in [0.05, 0.1) is 12.7 Å². The standard InChI is InChI=1S/C17H27BrO2Si/c1-17(2,3)21(4,5)20-16-10-15(11-16)19-12-13-6-8-14(18)9-7-13/h6-9,15-16H,10-12H2,1-5H3. The predicted octanol–water partition coefficient (Wildman–Crippen LogP) is 5.52. The van der Waals surface area contributed by atoms with E-state index >= 15 is 0 Å². The summed E-state index contributed by atoms with van der Waals surface area (Å²) in [5.41, 5.74) is 1.23. The molecule has 21 heavy (non-hydrogen) atoms. The van der Waals surface area contributed by atoms with E-state index in [2.05, 4.69) is 74.1 Å². The fourth-order valence-corrected chi connectivity index (χ4v) is 3.78. The molecule has 2 rings (SSSR count). The Morgan fingerprint density at radius 1 is 1.10 bits per heavy atom. The molecule has 1 aliphatic rings. The minimum absolute atomic E-state index is 0.288. The Balaban J connectivity index is 1.71. The Labute approximate surface area is 138 Å². The lowest BCUT2D eigenvalue weighted by Crippen LogP contribution is -2.49. The molecule has 0 radical (unpaired) electrons. The average Bonchev–Trinajstić information content (AvgIpc) is 2.32. The zero-order chi connectivity index (χ0) is 15.7. The molecule has 0 heterocycles. The summed E-state index contributed by atoms with van der Waals surface area (Å²) in [5.74, 6) is 0. The van der Waals surface area contributed by atoms with Crippen LogP contribution in [0.2, 0.25) is 18.1 Å². The number of hydrogen-bond acceptors (Lipinski definition) is 2. The van der Waals surface area contributed by atoms with Crippen molar-refractivity contribution in [1.29, 1.82) is 0 Å². The normalized spacial score (nSPS) is 23.0. The predicted molar refractivity (Wildman–Crippen MR) is 94.0 cm³/mol. The summed E-state index contributed by atoms with van der Waals surface area (Å²) >= 11 is 3.45. The molecule has 2 nitrogen and oxygen atoms in total. The van der Waals surface area contributed by atoms with Gasteiger partial charge in [0.1, 0.15) is 0 Å². The van der Waals surface area contributed by atoms with E-state index in [4.69, 9.17) is 9.16 Å². The van der Waals surface area contributed by atoms with Crippen LogP contribution in [0.4, 0.5) is 0 Å². The number of benzene rings is 1. The lowest BCUT2D eigenvalue weighted by molar-refractivity contribution is -0.0726. The van der Waals surface area contributed by atoms with Crippen LogP contribution in [-0.4, -0.2) is 20.5 Å². The first-order chi connectivity index (χ1) is 9.67. The van der Waals surface area contributed by atoms with E-state index in [1.807, 2.05) is 0 Å². The van der Waals surface area contributed by atoms with Gasteiger partial charge < -0.3 is 9.16 Å². The number of rotatable bonds is 5. The van der Waals surface area contributed by atoms with Crippen molar-refractivity contribution < 1.29 is 9.16 Å². The van der Waals surface area contributed by atoms with Crippen LogP contribution >= 0.6 is 15.9 Å². The van der Waals surface area contributed by atoms with Crippen molar-refractivity contribution in [3.8, 4) is 0 Å². The van der Waals surface area contributed by atoms with Crippen LogP contribution < -0.4 is 0 Å². The van der Waals surface area contributed by atoms with E-state index in [1.165, 1.54) is 5.56 Å². The van der Waals surface area contributed by atoms with Gasteiger partial charge in [0.2, 0.25) is 0 Å². The van der Waals surface area contributed by atoms with Crippen molar-refractivity contribution in [2.45, 2.75) is 70.6 Å². The van der Waals surface area contributed by atoms with Gasteiger partial charge >= 0.3 is 0 Å². The summed E-state index contributed by atoms with van der Waals surface area (Å²) in [6.07, 6.45) is 2.86. The van der Waals surface area contributed by atoms with Crippen molar-refractivity contribution in [3.63, 3.8) is 0 Å². The Morgan fingerprint density at radius 2 is 1.67 bits per heavy atom. The molecule has 0 amide bonds. The van der Waals surface area contributed by atoms with Gasteiger partial charge in [0.15, 0.2) is 8.32 Å². The average molecular weight is 371 g/mol. The van der Waals surface area contributed by atoms with Crippen LogP contribution in [0.15, 0.2) is 28.7 Å². The lowest BCUT2D eigenvalue weighted by Gasteiger charge is -2.44. The minimum atomic E-state index is -1.62. The Morgan fingerprint density at radius 3 is 2.19 bits per heavy atom. The van der Waals surface area contributed by atoms with Gasteiger partial charge in [0.25, 0.3) is 0 Å². The third kappa shape index (κ3) is 4.65. The second-order valence-electron chi connectivity index (χ2n) is 7.53. The van der Waals surface area contributed by atoms with Gasteiger partial charge in [0, 0.05) is 10.6 Å². The molecule has 0 bridgehead atoms. The highest BCUT2D eigenvalue weighted by molar-refractivity contribution is 9.10. The SMILES string of the molecule is CC(C)(C)[Si](C)(C)OC1CC(OCc2ccc(Br)cc2)C1. The third-order valence-electron chi connectivity index (χ3n) is 4.72. The Hall–Kier alpha value is -0.163. The molecule has 1 saturated carbocycles. The molecule has 1 aromatic carbocycles. The Kier molecular flexibility index (Phi) is 5.34. The lowest BCUT2D eigenvalue weighted by atomic mass is 9.92. The molecular weight excluding hydrogens is 344 g/mol. The largest absolute Gasteiger partial charge is 0.414 e. The topological polar surface area (TPSA) is 18.5 Å². The smallest absolute Gasteiger partial charge is 0.192 e. The van der Waals surface area contributed by atoms with Crippen molar-refractivity contribution in [2.24, 2.45) is 0 Å². The maximum Gasteiger partial charge on any atom is 0.192 e. The summed E-state index contributed by atoms with van der Waals surface area (Å²) in [7, 11) is -1.62. The van der Waals surface area contributed by atoms with Crippen molar-refractivity contribution in [2.75, 3.05) is 0 Å². The summed E-state index contributed by atoms with van der Waals surface area (Å²) in [6.45, 7) is 12.2. The van der Waals surface area contributed by atoms with Gasteiger partial charge in [-0.25, -0.2) is 0 Å². The van der Waals surface area contributed by atoms with E-state index in [-0.39, 0.29) is 5.04 Å². The van der Waals surface area contributed by atoms with Crippen LogP contribution in [0, 0.1) is 0 Å². The highest BCUT2D eigenvalue weighted by Crippen LogP contribution is 2.40. The van der Waals surface area contributed by atoms with E-state index in [0.29, 0.717) is 18.8 Å². The summed E-state index contributed by atoms with van der Waals surface area (Å²) in [5, 5.41) is 0.288. The first-order valence-electron chi connectivity index (χ1n) is 7.71. The van der Waals surface area contributed by atoms with Crippen LogP contribution in [0.1, 0.15) is 39.2 Å². The molecule has 0 aromatic heterocycles. The highest BCUT2D eigenvalue weighted by atomic mass is 79.9. The quantitative estimate of drug-likeness (QED) is 0.635. The second-order valence-corrected chi connectivity index (χ2v) is 13.2. The van der Waals surface area contributed by atoms with E-state index in [1.54, 1.807) is 0 Å². The molecule has 0 N–H and O–H groups in total. The van der Waals surface area contributed by atoms with Gasteiger partial charge in [-0.15, -0.1) is 0 Å². The highest BCUT2D eigenvalue weighted by Gasteiger charge is 2.42. The molecular formula is C17H27BrO2Si. The number of halogens is 1. The van der Waals surface area contributed by atoms with E-state index < -0.39 is 8.32 Å². The monoisotopic (exact) mass is 370 g/mol. The zero-order valence-electron chi connectivity index (χ0n) is 13.8. The van der Waals surface area contributed by atoms with Gasteiger partial charge in [-0.2, -0.15) is 0 Å². The second kappa shape index (κ2) is 6.53. The molecule has 0 unspecified atom stereocenters. The van der Waals surface area contributed by atoms with Crippen molar-refractivity contribution >= 4 is 24.2 Å². The van der Waals surface area contributed by atoms with E-state index in [9.17, 15) is 0 Å². The molecule has 1 fully saturated rings. The molecule has 0 aliphatic heterocycles. The summed E-state index contributed by atoms with van der Waals surface area (Å²) in [4.78, 5) is 0. The minimum Gasteiger partial charge on any atom is -0.414 e. The Bertz CT molecular complexity index is 459. The van der Waals surface area contributed by atoms with Crippen LogP contribution in [-0.2, 0) is 15.8 Å². The number of hydrogen-bond donors (Lipinski definition) is 0. The fourth-order valence-electron chi connectivity index (χ4n) is 2.14. The van der Waals surface area contributed by atoms with Crippen LogP contribution in [0.5, 0.6) is 0 Å². The van der Waals surface area contributed by atoms with Gasteiger partial charge in [-0.1, -0.05) is 48.8 Å². The molecule has 1 aliphatic carbocycles. The number of ether oxygens (including phenoxy) is 1. The maximum atomic E-state index is 6.39. The first-order valence-corrected chi connectivity index (χ1v) is 11.4. The van der Waals surface area contributed by atoms with Crippen molar-refractivity contribution in [3.05, 3.63) is 34.3 Å². The third-order valence-corrected chi connectivity index (χ3v) is 9.78. The zero-order valence-corrected chi connectivity index (χ0v) is 16.4. The van der Waals surface area contributed by atoms with Crippen LogP contribution in [0.3, 0.4) is 0 Å². The van der Waals surface area contributed by atoms with Crippen molar-refractivity contribution in [1.82, 2.24) is 0 Å². The summed E-state index contributed by atoms with van der Waals surface area (Å²) < 4.78 is 13.5. The summed E-state index contributed by atoms with van der Waals surface area (Å²) in [6, 6.07) is 8.32. The fraction of sp³-hybridized carbons (Fsp3) is 0.647. The molecule has 118 valence electrons. The maximum absolute atomic E-state index is 6.39.